The van der Waals surface area contributed by atoms with Crippen LogP contribution >= 0.6 is 11.8 Å². The van der Waals surface area contributed by atoms with Crippen molar-refractivity contribution in [2.75, 3.05) is 6.26 Å². The van der Waals surface area contributed by atoms with Crippen molar-refractivity contribution in [1.29, 1.82) is 5.26 Å². The molecule has 1 atom stereocenters. The van der Waals surface area contributed by atoms with Crippen LogP contribution in [0.3, 0.4) is 0 Å². The van der Waals surface area contributed by atoms with Gasteiger partial charge in [0.1, 0.15) is 0 Å². The van der Waals surface area contributed by atoms with E-state index in [1.165, 1.54) is 38.5 Å². The molecule has 0 radical (unpaired) electrons. The molecule has 0 bridgehead atoms. The molecule has 0 spiro atoms. The van der Waals surface area contributed by atoms with Crippen LogP contribution in [-0.2, 0) is 0 Å². The summed E-state index contributed by atoms with van der Waals surface area (Å²) in [5.74, 6) is 0.674. The lowest BCUT2D eigenvalue weighted by Crippen LogP contribution is -2.14. The van der Waals surface area contributed by atoms with E-state index in [-0.39, 0.29) is 5.25 Å². The number of thioether (sulfide) groups is 1. The predicted octanol–water partition coefficient (Wildman–Crippen LogP) is 3.21. The standard InChI is InChI=1S/C10H17NS/c1-12-10(8-11)9-6-4-2-3-5-7-9/h9-10H,2-7H2,1H3. The summed E-state index contributed by atoms with van der Waals surface area (Å²) in [6.45, 7) is 0. The normalized spacial score (nSPS) is 22.7. The molecule has 0 N–H and O–H groups in total. The third kappa shape index (κ3) is 2.71. The highest BCUT2D eigenvalue weighted by molar-refractivity contribution is 7.99. The van der Waals surface area contributed by atoms with Crippen molar-refractivity contribution in [3.8, 4) is 6.07 Å². The fourth-order valence-electron chi connectivity index (χ4n) is 1.96. The molecule has 1 aliphatic rings. The summed E-state index contributed by atoms with van der Waals surface area (Å²) in [4.78, 5) is 0. The molecular formula is C10H17NS. The van der Waals surface area contributed by atoms with Crippen LogP contribution in [0.5, 0.6) is 0 Å². The zero-order chi connectivity index (χ0) is 8.81. The minimum Gasteiger partial charge on any atom is -0.197 e. The van der Waals surface area contributed by atoms with Crippen LogP contribution in [0.2, 0.25) is 0 Å². The predicted molar refractivity (Wildman–Crippen MR) is 54.1 cm³/mol. The molecule has 1 unspecified atom stereocenters. The Kier molecular flexibility index (Phi) is 4.53. The molecule has 0 saturated heterocycles. The molecule has 1 aliphatic carbocycles. The molecule has 0 amide bonds. The monoisotopic (exact) mass is 183 g/mol. The Morgan fingerprint density at radius 1 is 1.25 bits per heavy atom. The fraction of sp³-hybridized carbons (Fsp3) is 0.900. The lowest BCUT2D eigenvalue weighted by Gasteiger charge is -2.17. The fourth-order valence-corrected chi connectivity index (χ4v) is 2.73. The van der Waals surface area contributed by atoms with Gasteiger partial charge in [0.15, 0.2) is 0 Å². The first-order chi connectivity index (χ1) is 5.88. The van der Waals surface area contributed by atoms with E-state index in [2.05, 4.69) is 12.3 Å². The third-order valence-corrected chi connectivity index (χ3v) is 3.71. The average molecular weight is 183 g/mol. The highest BCUT2D eigenvalue weighted by Crippen LogP contribution is 2.30. The first-order valence-corrected chi connectivity index (χ1v) is 6.09. The van der Waals surface area contributed by atoms with Gasteiger partial charge in [0.2, 0.25) is 0 Å². The molecular weight excluding hydrogens is 166 g/mol. The van der Waals surface area contributed by atoms with Gasteiger partial charge in [-0.2, -0.15) is 5.26 Å². The molecule has 0 aromatic carbocycles. The van der Waals surface area contributed by atoms with Gasteiger partial charge in [-0.25, -0.2) is 0 Å². The summed E-state index contributed by atoms with van der Waals surface area (Å²) < 4.78 is 0. The van der Waals surface area contributed by atoms with Gasteiger partial charge in [0.25, 0.3) is 0 Å². The molecule has 1 saturated carbocycles. The zero-order valence-corrected chi connectivity index (χ0v) is 8.57. The van der Waals surface area contributed by atoms with E-state index in [0.717, 1.165) is 0 Å². The molecule has 1 nitrogen and oxygen atoms in total. The van der Waals surface area contributed by atoms with Crippen LogP contribution in [0.15, 0.2) is 0 Å². The summed E-state index contributed by atoms with van der Waals surface area (Å²) in [7, 11) is 0. The summed E-state index contributed by atoms with van der Waals surface area (Å²) in [6, 6.07) is 2.41. The SMILES string of the molecule is CSC(C#N)C1CCCCCC1. The number of nitrogens with zero attached hydrogens (tertiary/aromatic N) is 1. The lowest BCUT2D eigenvalue weighted by atomic mass is 9.97. The first kappa shape index (κ1) is 9.92. The molecule has 68 valence electrons. The highest BCUT2D eigenvalue weighted by Gasteiger charge is 2.21. The number of hydrogen-bond donors (Lipinski definition) is 0. The van der Waals surface area contributed by atoms with Gasteiger partial charge in [-0.15, -0.1) is 11.8 Å². The Balaban J connectivity index is 2.42. The summed E-state index contributed by atoms with van der Waals surface area (Å²) >= 11 is 1.72. The maximum absolute atomic E-state index is 8.90. The van der Waals surface area contributed by atoms with Crippen LogP contribution < -0.4 is 0 Å². The summed E-state index contributed by atoms with van der Waals surface area (Å²) in [6.07, 6.45) is 10.0. The van der Waals surface area contributed by atoms with Crippen molar-refractivity contribution < 1.29 is 0 Å². The second-order valence-corrected chi connectivity index (χ2v) is 4.52. The van der Waals surface area contributed by atoms with Gasteiger partial charge >= 0.3 is 0 Å². The molecule has 1 fully saturated rings. The van der Waals surface area contributed by atoms with Gasteiger partial charge in [0.05, 0.1) is 11.3 Å². The van der Waals surface area contributed by atoms with Crippen molar-refractivity contribution in [3.05, 3.63) is 0 Å². The van der Waals surface area contributed by atoms with E-state index >= 15 is 0 Å². The smallest absolute Gasteiger partial charge is 0.0941 e. The molecule has 12 heavy (non-hydrogen) atoms. The minimum atomic E-state index is 0.253. The Morgan fingerprint density at radius 3 is 2.25 bits per heavy atom. The van der Waals surface area contributed by atoms with Gasteiger partial charge in [-0.1, -0.05) is 25.7 Å². The van der Waals surface area contributed by atoms with Crippen molar-refractivity contribution in [3.63, 3.8) is 0 Å². The van der Waals surface area contributed by atoms with Crippen LogP contribution in [-0.4, -0.2) is 11.5 Å². The Hall–Kier alpha value is -0.160. The van der Waals surface area contributed by atoms with Crippen LogP contribution in [0, 0.1) is 17.2 Å². The average Bonchev–Trinajstić information content (AvgIpc) is 2.35. The summed E-state index contributed by atoms with van der Waals surface area (Å²) in [5.41, 5.74) is 0. The molecule has 0 heterocycles. The van der Waals surface area contributed by atoms with Gasteiger partial charge in [-0.3, -0.25) is 0 Å². The molecule has 2 heteroatoms. The third-order valence-electron chi connectivity index (χ3n) is 2.71. The maximum atomic E-state index is 8.90. The molecule has 0 aromatic rings. The zero-order valence-electron chi connectivity index (χ0n) is 7.75. The molecule has 0 aliphatic heterocycles. The molecule has 1 rings (SSSR count). The van der Waals surface area contributed by atoms with E-state index in [1.54, 1.807) is 11.8 Å². The minimum absolute atomic E-state index is 0.253. The van der Waals surface area contributed by atoms with E-state index in [9.17, 15) is 0 Å². The van der Waals surface area contributed by atoms with Crippen molar-refractivity contribution >= 4 is 11.8 Å². The van der Waals surface area contributed by atoms with Crippen molar-refractivity contribution in [2.45, 2.75) is 43.8 Å². The van der Waals surface area contributed by atoms with Gasteiger partial charge in [-0.05, 0) is 25.0 Å². The van der Waals surface area contributed by atoms with E-state index < -0.39 is 0 Å². The second kappa shape index (κ2) is 5.48. The maximum Gasteiger partial charge on any atom is 0.0941 e. The Morgan fingerprint density at radius 2 is 1.83 bits per heavy atom. The van der Waals surface area contributed by atoms with Gasteiger partial charge in [0, 0.05) is 0 Å². The largest absolute Gasteiger partial charge is 0.197 e. The van der Waals surface area contributed by atoms with Crippen LogP contribution in [0.1, 0.15) is 38.5 Å². The Bertz CT molecular complexity index is 154. The van der Waals surface area contributed by atoms with Gasteiger partial charge < -0.3 is 0 Å². The van der Waals surface area contributed by atoms with E-state index in [4.69, 9.17) is 5.26 Å². The summed E-state index contributed by atoms with van der Waals surface area (Å²) in [5, 5.41) is 9.15. The van der Waals surface area contributed by atoms with Crippen LogP contribution in [0.4, 0.5) is 0 Å². The number of rotatable bonds is 2. The quantitative estimate of drug-likeness (QED) is 0.614. The van der Waals surface area contributed by atoms with Crippen molar-refractivity contribution in [2.24, 2.45) is 5.92 Å². The first-order valence-electron chi connectivity index (χ1n) is 4.81. The second-order valence-electron chi connectivity index (χ2n) is 3.54. The number of hydrogen-bond acceptors (Lipinski definition) is 2. The Labute approximate surface area is 79.5 Å². The van der Waals surface area contributed by atoms with E-state index in [0.29, 0.717) is 5.92 Å². The highest BCUT2D eigenvalue weighted by atomic mass is 32.2. The van der Waals surface area contributed by atoms with Crippen LogP contribution in [0.25, 0.3) is 0 Å². The van der Waals surface area contributed by atoms with Crippen molar-refractivity contribution in [1.82, 2.24) is 0 Å². The molecule has 0 aromatic heterocycles. The van der Waals surface area contributed by atoms with E-state index in [1.807, 2.05) is 0 Å². The lowest BCUT2D eigenvalue weighted by molar-refractivity contribution is 0.479. The topological polar surface area (TPSA) is 23.8 Å². The number of nitriles is 1.